The molecule has 0 spiro atoms. The van der Waals surface area contributed by atoms with Gasteiger partial charge in [0.2, 0.25) is 0 Å². The minimum absolute atomic E-state index is 0.0567. The second kappa shape index (κ2) is 7.46. The van der Waals surface area contributed by atoms with Gasteiger partial charge in [-0.1, -0.05) is 23.7 Å². The lowest BCUT2D eigenvalue weighted by Crippen LogP contribution is -2.10. The number of ether oxygens (including phenoxy) is 1. The van der Waals surface area contributed by atoms with E-state index in [1.807, 2.05) is 12.1 Å². The Hall–Kier alpha value is -2.80. The van der Waals surface area contributed by atoms with Crippen LogP contribution in [0, 0.1) is 10.1 Å². The van der Waals surface area contributed by atoms with Crippen molar-refractivity contribution < 1.29 is 14.5 Å². The Morgan fingerprint density at radius 2 is 1.96 bits per heavy atom. The summed E-state index contributed by atoms with van der Waals surface area (Å²) in [5.41, 5.74) is 2.12. The monoisotopic (exact) mass is 335 g/mol. The number of carbonyl (C=O) groups is 1. The number of methoxy groups -OCH3 is 1. The van der Waals surface area contributed by atoms with E-state index in [1.165, 1.54) is 19.2 Å². The molecule has 0 heterocycles. The van der Waals surface area contributed by atoms with Gasteiger partial charge in [-0.2, -0.15) is 0 Å². The van der Waals surface area contributed by atoms with Crippen LogP contribution in [0.2, 0.25) is 5.02 Å². The van der Waals surface area contributed by atoms with Crippen molar-refractivity contribution in [3.8, 4) is 0 Å². The predicted molar refractivity (Wildman–Crippen MR) is 87.9 cm³/mol. The molecule has 0 radical (unpaired) electrons. The van der Waals surface area contributed by atoms with Gasteiger partial charge in [-0.05, 0) is 23.8 Å². The fraction of sp³-hybridized carbons (Fsp3) is 0.133. The molecule has 0 saturated carbocycles. The molecular weight excluding hydrogens is 322 g/mol. The topological polar surface area (TPSA) is 93.5 Å². The van der Waals surface area contributed by atoms with Crippen LogP contribution in [0.25, 0.3) is 0 Å². The number of non-ortho nitro benzene ring substituents is 1. The Balaban J connectivity index is 1.98. The average molecular weight is 336 g/mol. The molecule has 120 valence electrons. The van der Waals surface area contributed by atoms with Gasteiger partial charge < -0.3 is 10.1 Å². The number of anilines is 2. The summed E-state index contributed by atoms with van der Waals surface area (Å²) in [6.07, 6.45) is -0.534. The van der Waals surface area contributed by atoms with Crippen molar-refractivity contribution in [1.82, 2.24) is 0 Å². The van der Waals surface area contributed by atoms with E-state index in [4.69, 9.17) is 11.6 Å². The van der Waals surface area contributed by atoms with Gasteiger partial charge in [-0.15, -0.1) is 0 Å². The Bertz CT molecular complexity index is 719. The van der Waals surface area contributed by atoms with Gasteiger partial charge in [-0.25, -0.2) is 4.79 Å². The second-order valence-corrected chi connectivity index (χ2v) is 5.00. The highest BCUT2D eigenvalue weighted by molar-refractivity contribution is 6.33. The van der Waals surface area contributed by atoms with Crippen molar-refractivity contribution in [2.24, 2.45) is 0 Å². The summed E-state index contributed by atoms with van der Waals surface area (Å²) in [7, 11) is 1.29. The smallest absolute Gasteiger partial charge is 0.411 e. The molecule has 0 unspecified atom stereocenters. The maximum atomic E-state index is 11.1. The van der Waals surface area contributed by atoms with Gasteiger partial charge in [0.1, 0.15) is 0 Å². The number of hydrogen-bond donors (Lipinski definition) is 2. The first-order valence-corrected chi connectivity index (χ1v) is 6.99. The molecule has 23 heavy (non-hydrogen) atoms. The molecule has 2 aromatic rings. The van der Waals surface area contributed by atoms with Crippen LogP contribution in [0.4, 0.5) is 21.9 Å². The molecule has 2 aromatic carbocycles. The molecule has 2 N–H and O–H groups in total. The number of nitro groups is 1. The number of rotatable bonds is 5. The third-order valence-corrected chi connectivity index (χ3v) is 3.34. The molecule has 0 saturated heterocycles. The third kappa shape index (κ3) is 4.58. The van der Waals surface area contributed by atoms with Crippen LogP contribution < -0.4 is 10.6 Å². The van der Waals surface area contributed by atoms with Crippen molar-refractivity contribution in [2.45, 2.75) is 6.54 Å². The lowest BCUT2D eigenvalue weighted by molar-refractivity contribution is -0.384. The summed E-state index contributed by atoms with van der Waals surface area (Å²) in [4.78, 5) is 21.2. The van der Waals surface area contributed by atoms with Crippen LogP contribution in [0.1, 0.15) is 5.56 Å². The molecular formula is C15H14ClN3O4. The molecule has 0 fully saturated rings. The first-order valence-electron chi connectivity index (χ1n) is 6.61. The third-order valence-electron chi connectivity index (χ3n) is 3.03. The fourth-order valence-corrected chi connectivity index (χ4v) is 2.07. The number of carbonyl (C=O) groups excluding carboxylic acids is 1. The van der Waals surface area contributed by atoms with Gasteiger partial charge >= 0.3 is 6.09 Å². The molecule has 7 nitrogen and oxygen atoms in total. The SMILES string of the molecule is COC(=O)Nc1ccc(CNc2ccc([N+](=O)[O-])cc2Cl)cc1. The first-order chi connectivity index (χ1) is 11.0. The lowest BCUT2D eigenvalue weighted by Gasteiger charge is -2.09. The molecule has 0 aliphatic heterocycles. The van der Waals surface area contributed by atoms with Crippen LogP contribution in [-0.2, 0) is 11.3 Å². The Labute approximate surface area is 137 Å². The Morgan fingerprint density at radius 3 is 2.52 bits per heavy atom. The number of nitrogens with zero attached hydrogens (tertiary/aromatic N) is 1. The summed E-state index contributed by atoms with van der Waals surface area (Å²) < 4.78 is 4.50. The van der Waals surface area contributed by atoms with Crippen LogP contribution in [0.5, 0.6) is 0 Å². The average Bonchev–Trinajstić information content (AvgIpc) is 2.54. The molecule has 0 atom stereocenters. The van der Waals surface area contributed by atoms with Gasteiger partial charge in [0.25, 0.3) is 5.69 Å². The minimum Gasteiger partial charge on any atom is -0.453 e. The molecule has 0 aliphatic rings. The van der Waals surface area contributed by atoms with Crippen LogP contribution in [-0.4, -0.2) is 18.1 Å². The number of amides is 1. The first kappa shape index (κ1) is 16.6. The highest BCUT2D eigenvalue weighted by Crippen LogP contribution is 2.27. The zero-order chi connectivity index (χ0) is 16.8. The zero-order valence-corrected chi connectivity index (χ0v) is 13.0. The molecule has 2 rings (SSSR count). The van der Waals surface area contributed by atoms with E-state index < -0.39 is 11.0 Å². The second-order valence-electron chi connectivity index (χ2n) is 4.59. The maximum absolute atomic E-state index is 11.1. The van der Waals surface area contributed by atoms with E-state index in [9.17, 15) is 14.9 Å². The van der Waals surface area contributed by atoms with Crippen molar-refractivity contribution in [2.75, 3.05) is 17.7 Å². The van der Waals surface area contributed by atoms with Gasteiger partial charge in [0, 0.05) is 24.4 Å². The summed E-state index contributed by atoms with van der Waals surface area (Å²) in [5.74, 6) is 0. The summed E-state index contributed by atoms with van der Waals surface area (Å²) in [6, 6.07) is 11.4. The molecule has 1 amide bonds. The number of nitro benzene ring substituents is 1. The molecule has 0 bridgehead atoms. The van der Waals surface area contributed by atoms with Gasteiger partial charge in [-0.3, -0.25) is 15.4 Å². The Morgan fingerprint density at radius 1 is 1.26 bits per heavy atom. The molecule has 8 heteroatoms. The Kier molecular flexibility index (Phi) is 5.37. The van der Waals surface area contributed by atoms with Crippen LogP contribution >= 0.6 is 11.6 Å². The number of hydrogen-bond acceptors (Lipinski definition) is 5. The highest BCUT2D eigenvalue weighted by Gasteiger charge is 2.09. The van der Waals surface area contributed by atoms with Crippen LogP contribution in [0.15, 0.2) is 42.5 Å². The number of halogens is 1. The van der Waals surface area contributed by atoms with E-state index in [0.29, 0.717) is 17.9 Å². The number of benzene rings is 2. The summed E-state index contributed by atoms with van der Waals surface area (Å²) in [6.45, 7) is 0.482. The lowest BCUT2D eigenvalue weighted by atomic mass is 10.2. The van der Waals surface area contributed by atoms with Gasteiger partial charge in [0.05, 0.1) is 22.7 Å². The maximum Gasteiger partial charge on any atom is 0.411 e. The standard InChI is InChI=1S/C15H14ClN3O4/c1-23-15(20)18-11-4-2-10(3-5-11)9-17-14-7-6-12(19(21)22)8-13(14)16/h2-8,17H,9H2,1H3,(H,18,20). The largest absolute Gasteiger partial charge is 0.453 e. The summed E-state index contributed by atoms with van der Waals surface area (Å²) in [5, 5.41) is 16.6. The van der Waals surface area contributed by atoms with E-state index in [0.717, 1.165) is 5.56 Å². The fourth-order valence-electron chi connectivity index (χ4n) is 1.83. The number of nitrogens with one attached hydrogen (secondary N) is 2. The predicted octanol–water partition coefficient (Wildman–Crippen LogP) is 4.04. The van der Waals surface area contributed by atoms with E-state index in [2.05, 4.69) is 15.4 Å². The molecule has 0 aromatic heterocycles. The summed E-state index contributed by atoms with van der Waals surface area (Å²) >= 11 is 6.01. The minimum atomic E-state index is -0.534. The van der Waals surface area contributed by atoms with E-state index >= 15 is 0 Å². The van der Waals surface area contributed by atoms with E-state index in [1.54, 1.807) is 18.2 Å². The van der Waals surface area contributed by atoms with Crippen molar-refractivity contribution in [3.05, 3.63) is 63.2 Å². The molecule has 0 aliphatic carbocycles. The van der Waals surface area contributed by atoms with Crippen molar-refractivity contribution in [1.29, 1.82) is 0 Å². The van der Waals surface area contributed by atoms with Crippen molar-refractivity contribution >= 4 is 34.8 Å². The normalized spacial score (nSPS) is 10.0. The zero-order valence-electron chi connectivity index (χ0n) is 12.2. The quantitative estimate of drug-likeness (QED) is 0.635. The van der Waals surface area contributed by atoms with E-state index in [-0.39, 0.29) is 10.7 Å². The van der Waals surface area contributed by atoms with Gasteiger partial charge in [0.15, 0.2) is 0 Å². The van der Waals surface area contributed by atoms with Crippen LogP contribution in [0.3, 0.4) is 0 Å². The highest BCUT2D eigenvalue weighted by atomic mass is 35.5. The van der Waals surface area contributed by atoms with Crippen molar-refractivity contribution in [3.63, 3.8) is 0 Å².